The lowest BCUT2D eigenvalue weighted by atomic mass is 10.0. The normalized spacial score (nSPS) is 17.2. The van der Waals surface area contributed by atoms with E-state index in [0.717, 1.165) is 54.5 Å². The Labute approximate surface area is 193 Å². The minimum absolute atomic E-state index is 0. The van der Waals surface area contributed by atoms with Crippen molar-refractivity contribution in [2.45, 2.75) is 39.7 Å². The Morgan fingerprint density at radius 2 is 2.00 bits per heavy atom. The maximum atomic E-state index is 13.1. The number of halogens is 1. The molecule has 1 saturated heterocycles. The molecule has 2 aliphatic heterocycles. The highest BCUT2D eigenvalue weighted by atomic mass is 35.5. The van der Waals surface area contributed by atoms with Gasteiger partial charge in [-0.25, -0.2) is 19.7 Å². The smallest absolute Gasteiger partial charge is 0.328 e. The van der Waals surface area contributed by atoms with Crippen molar-refractivity contribution in [2.75, 3.05) is 41.3 Å². The second-order valence-corrected chi connectivity index (χ2v) is 9.02. The minimum atomic E-state index is -0.216. The third-order valence-corrected chi connectivity index (χ3v) is 5.97. The van der Waals surface area contributed by atoms with Crippen LogP contribution in [0.5, 0.6) is 0 Å². The van der Waals surface area contributed by atoms with E-state index < -0.39 is 0 Å². The highest BCUT2D eigenvalue weighted by Gasteiger charge is 2.32. The number of nitrogens with one attached hydrogen (secondary N) is 2. The van der Waals surface area contributed by atoms with Crippen molar-refractivity contribution >= 4 is 41.4 Å². The molecule has 5 heterocycles. The summed E-state index contributed by atoms with van der Waals surface area (Å²) < 4.78 is 1.90. The van der Waals surface area contributed by atoms with Gasteiger partial charge in [0.1, 0.15) is 5.82 Å². The first kappa shape index (κ1) is 22.3. The van der Waals surface area contributed by atoms with Gasteiger partial charge in [0.05, 0.1) is 17.6 Å². The first-order valence-electron chi connectivity index (χ1n) is 10.7. The van der Waals surface area contributed by atoms with Crippen LogP contribution in [0.2, 0.25) is 0 Å². The molecule has 0 radical (unpaired) electrons. The molecule has 2 aliphatic rings. The van der Waals surface area contributed by atoms with Crippen molar-refractivity contribution < 1.29 is 4.79 Å². The van der Waals surface area contributed by atoms with Gasteiger partial charge >= 0.3 is 6.03 Å². The van der Waals surface area contributed by atoms with E-state index in [4.69, 9.17) is 0 Å². The number of aromatic nitrogens is 4. The van der Waals surface area contributed by atoms with Crippen LogP contribution in [0, 0.1) is 13.8 Å². The van der Waals surface area contributed by atoms with Crippen LogP contribution in [0.3, 0.4) is 0 Å². The van der Waals surface area contributed by atoms with Gasteiger partial charge in [-0.3, -0.25) is 10.2 Å². The van der Waals surface area contributed by atoms with Crippen LogP contribution in [-0.4, -0.2) is 57.1 Å². The Balaban J connectivity index is 0.00000245. The average molecular weight is 457 g/mol. The van der Waals surface area contributed by atoms with Crippen molar-refractivity contribution in [3.8, 4) is 0 Å². The molecule has 1 fully saturated rings. The zero-order valence-corrected chi connectivity index (χ0v) is 19.7. The van der Waals surface area contributed by atoms with Gasteiger partial charge in [0, 0.05) is 55.4 Å². The zero-order valence-electron chi connectivity index (χ0n) is 18.8. The molecule has 2 amide bonds. The number of hydrogen-bond donors (Lipinski definition) is 2. The summed E-state index contributed by atoms with van der Waals surface area (Å²) in [6.45, 7) is 11.7. The van der Waals surface area contributed by atoms with Crippen molar-refractivity contribution in [1.82, 2.24) is 24.7 Å². The lowest BCUT2D eigenvalue weighted by molar-refractivity contribution is 0.257. The van der Waals surface area contributed by atoms with E-state index in [1.807, 2.05) is 24.4 Å². The number of pyridine rings is 1. The van der Waals surface area contributed by atoms with Crippen LogP contribution in [-0.2, 0) is 6.42 Å². The molecule has 0 aromatic carbocycles. The van der Waals surface area contributed by atoms with Crippen LogP contribution >= 0.6 is 12.4 Å². The molecule has 3 aromatic heterocycles. The van der Waals surface area contributed by atoms with Gasteiger partial charge in [-0.1, -0.05) is 0 Å². The molecule has 5 rings (SSSR count). The number of urea groups is 1. The number of nitrogens with zero attached hydrogens (tertiary/aromatic N) is 6. The summed E-state index contributed by atoms with van der Waals surface area (Å²) in [4.78, 5) is 30.8. The predicted molar refractivity (Wildman–Crippen MR) is 128 cm³/mol. The van der Waals surface area contributed by atoms with Crippen molar-refractivity contribution in [3.63, 3.8) is 0 Å². The van der Waals surface area contributed by atoms with E-state index in [0.29, 0.717) is 12.4 Å². The molecule has 0 saturated carbocycles. The number of aryl methyl sites for hydroxylation is 2. The Bertz CT molecular complexity index is 1170. The Morgan fingerprint density at radius 1 is 1.19 bits per heavy atom. The van der Waals surface area contributed by atoms with Crippen LogP contribution in [0.4, 0.5) is 22.1 Å². The number of amides is 2. The van der Waals surface area contributed by atoms with Gasteiger partial charge in [0.25, 0.3) is 0 Å². The highest BCUT2D eigenvalue weighted by molar-refractivity contribution is 6.02. The number of fused-ring (bicyclic) bond motifs is 2. The fourth-order valence-corrected chi connectivity index (χ4v) is 4.63. The van der Waals surface area contributed by atoms with Crippen molar-refractivity contribution in [3.05, 3.63) is 41.6 Å². The molecule has 3 aromatic rings. The molecule has 0 unspecified atom stereocenters. The van der Waals surface area contributed by atoms with E-state index in [-0.39, 0.29) is 24.0 Å². The molecule has 0 aliphatic carbocycles. The fraction of sp³-hybridized carbons (Fsp3) is 0.455. The van der Waals surface area contributed by atoms with E-state index in [9.17, 15) is 4.79 Å². The van der Waals surface area contributed by atoms with E-state index >= 15 is 0 Å². The molecule has 0 atom stereocenters. The number of carbonyl (C=O) groups excluding carboxylic acids is 1. The van der Waals surface area contributed by atoms with Gasteiger partial charge in [-0.2, -0.15) is 0 Å². The fourth-order valence-electron chi connectivity index (χ4n) is 4.63. The lowest BCUT2D eigenvalue weighted by Crippen LogP contribution is -2.57. The number of hydrogen-bond acceptors (Lipinski definition) is 6. The molecule has 9 nitrogen and oxygen atoms in total. The number of piperazine rings is 1. The summed E-state index contributed by atoms with van der Waals surface area (Å²) in [6.07, 6.45) is 6.32. The van der Waals surface area contributed by atoms with Gasteiger partial charge in [0.15, 0.2) is 11.5 Å². The van der Waals surface area contributed by atoms with Gasteiger partial charge < -0.3 is 14.6 Å². The summed E-state index contributed by atoms with van der Waals surface area (Å²) in [6, 6.07) is 1.86. The molecule has 0 bridgehead atoms. The molecular formula is C22H29ClN8O. The standard InChI is InChI=1S/C22H28N8O.ClH/c1-14-11-29-12-18(26-15(2)19(29)25-14)27-21(31)30-9-6-16-17(5-7-23-20(16)30)28-10-8-24-22(3,4)13-28;/h5,7,11-12,24H,6,8-10,13H2,1-4H3,(H,27,31);1H. The molecular weight excluding hydrogens is 428 g/mol. The van der Waals surface area contributed by atoms with Gasteiger partial charge in [-0.05, 0) is 40.2 Å². The summed E-state index contributed by atoms with van der Waals surface area (Å²) >= 11 is 0. The van der Waals surface area contributed by atoms with Crippen LogP contribution < -0.4 is 20.4 Å². The molecule has 2 N–H and O–H groups in total. The topological polar surface area (TPSA) is 90.7 Å². The Kier molecular flexibility index (Phi) is 5.72. The second kappa shape index (κ2) is 8.22. The maximum absolute atomic E-state index is 13.1. The molecule has 0 spiro atoms. The summed E-state index contributed by atoms with van der Waals surface area (Å²) in [7, 11) is 0. The van der Waals surface area contributed by atoms with Crippen LogP contribution in [0.25, 0.3) is 5.65 Å². The van der Waals surface area contributed by atoms with Crippen LogP contribution in [0.1, 0.15) is 30.8 Å². The molecule has 10 heteroatoms. The molecule has 170 valence electrons. The SMILES string of the molecule is Cc1cn2cc(NC(=O)N3CCc4c(N5CCNC(C)(C)C5)ccnc43)nc(C)c2n1.Cl. The van der Waals surface area contributed by atoms with Gasteiger partial charge in [0.2, 0.25) is 0 Å². The number of rotatable bonds is 2. The monoisotopic (exact) mass is 456 g/mol. The van der Waals surface area contributed by atoms with E-state index in [2.05, 4.69) is 50.4 Å². The van der Waals surface area contributed by atoms with E-state index in [1.54, 1.807) is 17.3 Å². The summed E-state index contributed by atoms with van der Waals surface area (Å²) in [5.74, 6) is 1.24. The average Bonchev–Trinajstić information content (AvgIpc) is 3.30. The zero-order chi connectivity index (χ0) is 21.8. The third kappa shape index (κ3) is 3.98. The summed E-state index contributed by atoms with van der Waals surface area (Å²) in [5.41, 5.74) is 4.86. The number of imidazole rings is 1. The predicted octanol–water partition coefficient (Wildman–Crippen LogP) is 2.95. The Hall–Kier alpha value is -2.91. The van der Waals surface area contributed by atoms with Crippen molar-refractivity contribution in [2.24, 2.45) is 0 Å². The first-order chi connectivity index (χ1) is 14.8. The third-order valence-electron chi connectivity index (χ3n) is 5.97. The van der Waals surface area contributed by atoms with E-state index in [1.165, 1.54) is 5.69 Å². The number of anilines is 3. The Morgan fingerprint density at radius 3 is 2.78 bits per heavy atom. The van der Waals surface area contributed by atoms with Crippen molar-refractivity contribution in [1.29, 1.82) is 0 Å². The molecule has 32 heavy (non-hydrogen) atoms. The van der Waals surface area contributed by atoms with Crippen LogP contribution in [0.15, 0.2) is 24.7 Å². The second-order valence-electron chi connectivity index (χ2n) is 9.02. The first-order valence-corrected chi connectivity index (χ1v) is 10.7. The summed E-state index contributed by atoms with van der Waals surface area (Å²) in [5, 5.41) is 6.50. The number of carbonyl (C=O) groups is 1. The maximum Gasteiger partial charge on any atom is 0.328 e. The highest BCUT2D eigenvalue weighted by Crippen LogP contribution is 2.35. The van der Waals surface area contributed by atoms with Gasteiger partial charge in [-0.15, -0.1) is 12.4 Å². The minimum Gasteiger partial charge on any atom is -0.368 e. The quantitative estimate of drug-likeness (QED) is 0.616. The lowest BCUT2D eigenvalue weighted by Gasteiger charge is -2.41. The largest absolute Gasteiger partial charge is 0.368 e.